The van der Waals surface area contributed by atoms with E-state index in [9.17, 15) is 0 Å². The maximum absolute atomic E-state index is 7.08. The first-order valence-corrected chi connectivity index (χ1v) is 16.5. The number of nitrogens with zero attached hydrogens (tertiary/aromatic N) is 3. The van der Waals surface area contributed by atoms with Crippen molar-refractivity contribution >= 4 is 56.8 Å². The van der Waals surface area contributed by atoms with E-state index in [1.54, 1.807) is 0 Å². The molecule has 5 heterocycles. The van der Waals surface area contributed by atoms with Crippen LogP contribution in [0.3, 0.4) is 0 Å². The zero-order valence-electron chi connectivity index (χ0n) is 26.2. The van der Waals surface area contributed by atoms with Gasteiger partial charge in [-0.25, -0.2) is 15.0 Å². The quantitative estimate of drug-likeness (QED) is 0.199. The lowest BCUT2D eigenvalue weighted by atomic mass is 10.0. The largest absolute Gasteiger partial charge is 0.354 e. The van der Waals surface area contributed by atoms with Gasteiger partial charge in [0.15, 0.2) is 11.0 Å². The molecule has 0 radical (unpaired) electrons. The number of benzene rings is 4. The first-order valence-electron chi connectivity index (χ1n) is 16.2. The van der Waals surface area contributed by atoms with Crippen LogP contribution in [-0.2, 0) is 0 Å². The maximum Gasteiger partial charge on any atom is 0.164 e. The van der Waals surface area contributed by atoms with Crippen LogP contribution in [0.4, 0.5) is 5.82 Å². The molecular formula is C43H28ClN5. The molecular weight excluding hydrogens is 622 g/mol. The third kappa shape index (κ3) is 5.17. The molecule has 0 saturated carbocycles. The standard InChI is InChI=1S/C43H28ClN5/c44-42-41-39(29-17-9-3-10-18-29)35-25-23-33(46-35)37(27-13-5-1-6-14-27)31-21-22-32(45-31)38(28-15-7-2-8-16-28)34-24-26-36(47-34)40(43(48-41)49-42)30-19-11-4-12-20-30/h1-26,46-47H. The number of hydrogen-bond donors (Lipinski definition) is 2. The van der Waals surface area contributed by atoms with Crippen LogP contribution in [0.15, 0.2) is 151 Å². The van der Waals surface area contributed by atoms with Crippen LogP contribution in [0, 0.1) is 0 Å². The molecule has 49 heavy (non-hydrogen) atoms. The lowest BCUT2D eigenvalue weighted by molar-refractivity contribution is 1.31. The summed E-state index contributed by atoms with van der Waals surface area (Å²) in [7, 11) is 0. The number of halogens is 1. The number of aromatic nitrogens is 4. The second kappa shape index (κ2) is 12.1. The average molecular weight is 650 g/mol. The molecule has 2 aliphatic rings. The number of H-pyrrole nitrogens is 2. The SMILES string of the molecule is ClC1=Nc2nc1c(-c1ccccc1)c1ccc([nH]1)c(-c1ccccc1)c1nc(c(-c3ccccc3)c3ccc([nH]3)c2-c2ccccc2)C=C1. The second-order valence-electron chi connectivity index (χ2n) is 11.9. The molecule has 0 fully saturated rings. The first-order chi connectivity index (χ1) is 24.2. The number of aromatic amines is 2. The third-order valence-corrected chi connectivity index (χ3v) is 9.19. The molecule has 2 N–H and O–H groups in total. The molecule has 8 bridgehead atoms. The van der Waals surface area contributed by atoms with Crippen LogP contribution in [0.2, 0.25) is 0 Å². The second-order valence-corrected chi connectivity index (χ2v) is 12.3. The Hall–Kier alpha value is -6.30. The van der Waals surface area contributed by atoms with Gasteiger partial charge in [-0.1, -0.05) is 133 Å². The summed E-state index contributed by atoms with van der Waals surface area (Å²) in [5, 5.41) is 0.334. The summed E-state index contributed by atoms with van der Waals surface area (Å²) >= 11 is 7.08. The van der Waals surface area contributed by atoms with Crippen LogP contribution in [0.5, 0.6) is 0 Å². The molecule has 0 amide bonds. The fourth-order valence-electron chi connectivity index (χ4n) is 6.73. The average Bonchev–Trinajstić information content (AvgIpc) is 3.98. The topological polar surface area (TPSA) is 69.7 Å². The molecule has 0 aliphatic carbocycles. The minimum atomic E-state index is 0.334. The molecule has 3 aromatic heterocycles. The van der Waals surface area contributed by atoms with Crippen molar-refractivity contribution in [1.82, 2.24) is 19.9 Å². The lowest BCUT2D eigenvalue weighted by Crippen LogP contribution is -1.93. The van der Waals surface area contributed by atoms with E-state index in [1.807, 2.05) is 48.5 Å². The van der Waals surface area contributed by atoms with E-state index >= 15 is 0 Å². The van der Waals surface area contributed by atoms with E-state index in [2.05, 4.69) is 119 Å². The third-order valence-electron chi connectivity index (χ3n) is 8.93. The van der Waals surface area contributed by atoms with Gasteiger partial charge in [-0.3, -0.25) is 0 Å². The van der Waals surface area contributed by atoms with Crippen LogP contribution >= 0.6 is 11.6 Å². The summed E-state index contributed by atoms with van der Waals surface area (Å²) in [6.45, 7) is 0. The van der Waals surface area contributed by atoms with Crippen LogP contribution in [0.1, 0.15) is 17.1 Å². The molecule has 4 aromatic carbocycles. The minimum absolute atomic E-state index is 0.334. The summed E-state index contributed by atoms with van der Waals surface area (Å²) in [5.74, 6) is 0.540. The Bertz CT molecular complexity index is 2580. The van der Waals surface area contributed by atoms with Crippen molar-refractivity contribution in [3.8, 4) is 44.5 Å². The Labute approximate surface area is 288 Å². The molecule has 0 atom stereocenters. The van der Waals surface area contributed by atoms with Crippen molar-refractivity contribution in [1.29, 1.82) is 0 Å². The van der Waals surface area contributed by atoms with Gasteiger partial charge in [-0.15, -0.1) is 0 Å². The fraction of sp³-hybridized carbons (Fsp3) is 0. The molecule has 0 unspecified atom stereocenters. The van der Waals surface area contributed by atoms with Gasteiger partial charge in [-0.2, -0.15) is 0 Å². The number of nitrogens with one attached hydrogen (secondary N) is 2. The van der Waals surface area contributed by atoms with Crippen LogP contribution in [0.25, 0.3) is 78.7 Å². The van der Waals surface area contributed by atoms with Gasteiger partial charge in [0.2, 0.25) is 0 Å². The summed E-state index contributed by atoms with van der Waals surface area (Å²) in [5.41, 5.74) is 13.8. The highest BCUT2D eigenvalue weighted by Crippen LogP contribution is 2.40. The van der Waals surface area contributed by atoms with E-state index in [0.29, 0.717) is 16.7 Å². The highest BCUT2D eigenvalue weighted by atomic mass is 35.5. The summed E-state index contributed by atoms with van der Waals surface area (Å²) in [4.78, 5) is 22.9. The molecule has 2 aliphatic heterocycles. The van der Waals surface area contributed by atoms with Crippen molar-refractivity contribution in [2.75, 3.05) is 0 Å². The van der Waals surface area contributed by atoms with Gasteiger partial charge in [0.05, 0.1) is 16.9 Å². The van der Waals surface area contributed by atoms with Crippen molar-refractivity contribution in [2.45, 2.75) is 0 Å². The molecule has 0 spiro atoms. The van der Waals surface area contributed by atoms with E-state index < -0.39 is 0 Å². The number of fused-ring (bicyclic) bond motifs is 8. The fourth-order valence-corrected chi connectivity index (χ4v) is 6.95. The van der Waals surface area contributed by atoms with Crippen molar-refractivity contribution in [3.05, 3.63) is 163 Å². The Morgan fingerprint density at radius 3 is 1.20 bits per heavy atom. The highest BCUT2D eigenvalue weighted by Gasteiger charge is 2.22. The predicted molar refractivity (Wildman–Crippen MR) is 204 cm³/mol. The maximum atomic E-state index is 7.08. The first kappa shape index (κ1) is 28.9. The monoisotopic (exact) mass is 649 g/mol. The zero-order valence-corrected chi connectivity index (χ0v) is 27.0. The molecule has 6 heteroatoms. The zero-order chi connectivity index (χ0) is 32.7. The number of aliphatic imine (C=N–C) groups is 1. The highest BCUT2D eigenvalue weighted by molar-refractivity contribution is 6.70. The van der Waals surface area contributed by atoms with Crippen LogP contribution in [-0.4, -0.2) is 25.1 Å². The number of hydrogen-bond acceptors (Lipinski definition) is 3. The molecule has 232 valence electrons. The molecule has 7 aromatic rings. The lowest BCUT2D eigenvalue weighted by Gasteiger charge is -2.06. The van der Waals surface area contributed by atoms with E-state index in [0.717, 1.165) is 78.0 Å². The summed E-state index contributed by atoms with van der Waals surface area (Å²) in [6, 6.07) is 49.6. The molecule has 5 nitrogen and oxygen atoms in total. The Morgan fingerprint density at radius 1 is 0.388 bits per heavy atom. The Balaban J connectivity index is 1.50. The molecule has 9 rings (SSSR count). The van der Waals surface area contributed by atoms with E-state index in [-0.39, 0.29) is 0 Å². The normalized spacial score (nSPS) is 12.2. The van der Waals surface area contributed by atoms with Crippen LogP contribution < -0.4 is 0 Å². The minimum Gasteiger partial charge on any atom is -0.354 e. The van der Waals surface area contributed by atoms with E-state index in [1.165, 1.54) is 0 Å². The van der Waals surface area contributed by atoms with Gasteiger partial charge in [0.1, 0.15) is 5.69 Å². The smallest absolute Gasteiger partial charge is 0.164 e. The van der Waals surface area contributed by atoms with Crippen molar-refractivity contribution in [3.63, 3.8) is 0 Å². The molecule has 0 saturated heterocycles. The Morgan fingerprint density at radius 2 is 0.755 bits per heavy atom. The van der Waals surface area contributed by atoms with E-state index in [4.69, 9.17) is 26.6 Å². The van der Waals surface area contributed by atoms with Crippen molar-refractivity contribution < 1.29 is 0 Å². The van der Waals surface area contributed by atoms with Gasteiger partial charge in [0.25, 0.3) is 0 Å². The summed E-state index contributed by atoms with van der Waals surface area (Å²) < 4.78 is 0. The Kier molecular flexibility index (Phi) is 7.11. The van der Waals surface area contributed by atoms with Gasteiger partial charge < -0.3 is 9.97 Å². The predicted octanol–water partition coefficient (Wildman–Crippen LogP) is 11.5. The number of rotatable bonds is 4. The summed E-state index contributed by atoms with van der Waals surface area (Å²) in [6.07, 6.45) is 4.22. The van der Waals surface area contributed by atoms with Gasteiger partial charge >= 0.3 is 0 Å². The van der Waals surface area contributed by atoms with Gasteiger partial charge in [-0.05, 0) is 58.7 Å². The van der Waals surface area contributed by atoms with Crippen molar-refractivity contribution in [2.24, 2.45) is 4.99 Å². The van der Waals surface area contributed by atoms with Gasteiger partial charge in [0, 0.05) is 38.8 Å².